The van der Waals surface area contributed by atoms with Crippen molar-refractivity contribution in [2.45, 2.75) is 32.8 Å². The van der Waals surface area contributed by atoms with Gasteiger partial charge >= 0.3 is 0 Å². The van der Waals surface area contributed by atoms with Crippen molar-refractivity contribution in [3.8, 4) is 0 Å². The molecule has 0 aliphatic heterocycles. The van der Waals surface area contributed by atoms with Gasteiger partial charge in [-0.2, -0.15) is 5.10 Å². The second kappa shape index (κ2) is 7.75. The van der Waals surface area contributed by atoms with Crippen LogP contribution in [0.4, 0.5) is 0 Å². The lowest BCUT2D eigenvalue weighted by molar-refractivity contribution is -0.121. The Labute approximate surface area is 131 Å². The molecular weight excluding hydrogens is 278 g/mol. The highest BCUT2D eigenvalue weighted by atomic mass is 16.3. The molecule has 1 aromatic carbocycles. The second-order valence-corrected chi connectivity index (χ2v) is 5.49. The van der Waals surface area contributed by atoms with Gasteiger partial charge in [-0.3, -0.25) is 9.48 Å². The van der Waals surface area contributed by atoms with Crippen molar-refractivity contribution >= 4 is 5.91 Å². The summed E-state index contributed by atoms with van der Waals surface area (Å²) in [6.07, 6.45) is 3.96. The van der Waals surface area contributed by atoms with Crippen molar-refractivity contribution in [2.24, 2.45) is 7.05 Å². The number of hydrogen-bond acceptors (Lipinski definition) is 3. The van der Waals surface area contributed by atoms with Crippen LogP contribution in [0.3, 0.4) is 0 Å². The fourth-order valence-electron chi connectivity index (χ4n) is 2.39. The summed E-state index contributed by atoms with van der Waals surface area (Å²) in [6, 6.07) is 7.78. The molecule has 5 heteroatoms. The Hall–Kier alpha value is -2.14. The third kappa shape index (κ3) is 4.70. The molecule has 0 fully saturated rings. The van der Waals surface area contributed by atoms with Crippen LogP contribution in [0.25, 0.3) is 0 Å². The van der Waals surface area contributed by atoms with Gasteiger partial charge < -0.3 is 10.4 Å². The Morgan fingerprint density at radius 1 is 1.23 bits per heavy atom. The number of carbonyl (C=O) groups is 1. The van der Waals surface area contributed by atoms with E-state index in [1.807, 2.05) is 44.4 Å². The summed E-state index contributed by atoms with van der Waals surface area (Å²) in [6.45, 7) is 2.65. The predicted octanol–water partition coefficient (Wildman–Crippen LogP) is 1.51. The molecule has 22 heavy (non-hydrogen) atoms. The fourth-order valence-corrected chi connectivity index (χ4v) is 2.39. The maximum Gasteiger partial charge on any atom is 0.220 e. The molecular formula is C17H23N3O2. The minimum atomic E-state index is 0.0603. The number of nitrogens with zero attached hydrogens (tertiary/aromatic N) is 2. The van der Waals surface area contributed by atoms with Gasteiger partial charge in [0.25, 0.3) is 0 Å². The second-order valence-electron chi connectivity index (χ2n) is 5.49. The van der Waals surface area contributed by atoms with Crippen LogP contribution in [-0.4, -0.2) is 27.3 Å². The van der Waals surface area contributed by atoms with Crippen molar-refractivity contribution in [3.05, 3.63) is 52.8 Å². The molecule has 0 bridgehead atoms. The number of carbonyl (C=O) groups excluding carboxylic acids is 1. The lowest BCUT2D eigenvalue weighted by Gasteiger charge is -2.06. The van der Waals surface area contributed by atoms with Gasteiger partial charge in [0.05, 0.1) is 12.3 Å². The molecule has 0 aliphatic rings. The average molecular weight is 301 g/mol. The standard InChI is InChI=1S/C17H23N3O2/c1-13-16(11-20(2)19-13)7-8-17(22)18-10-9-14-3-5-15(12-21)6-4-14/h3-6,11,21H,7-10,12H2,1-2H3,(H,18,22). The quantitative estimate of drug-likeness (QED) is 0.814. The predicted molar refractivity (Wildman–Crippen MR) is 85.3 cm³/mol. The zero-order valence-electron chi connectivity index (χ0n) is 13.2. The van der Waals surface area contributed by atoms with Crippen molar-refractivity contribution in [3.63, 3.8) is 0 Å². The summed E-state index contributed by atoms with van der Waals surface area (Å²) in [5.41, 5.74) is 4.16. The van der Waals surface area contributed by atoms with E-state index in [1.165, 1.54) is 0 Å². The van der Waals surface area contributed by atoms with Gasteiger partial charge in [0.1, 0.15) is 0 Å². The van der Waals surface area contributed by atoms with Gasteiger partial charge in [-0.15, -0.1) is 0 Å². The lowest BCUT2D eigenvalue weighted by atomic mass is 10.1. The Morgan fingerprint density at radius 2 is 1.91 bits per heavy atom. The molecule has 2 N–H and O–H groups in total. The summed E-state index contributed by atoms with van der Waals surface area (Å²) in [7, 11) is 1.89. The minimum absolute atomic E-state index is 0.0603. The van der Waals surface area contributed by atoms with Crippen LogP contribution >= 0.6 is 0 Å². The Bertz CT molecular complexity index is 617. The zero-order chi connectivity index (χ0) is 15.9. The maximum atomic E-state index is 11.9. The molecule has 0 unspecified atom stereocenters. The van der Waals surface area contributed by atoms with Crippen LogP contribution in [0.1, 0.15) is 28.8 Å². The van der Waals surface area contributed by atoms with E-state index in [4.69, 9.17) is 5.11 Å². The molecule has 5 nitrogen and oxygen atoms in total. The normalized spacial score (nSPS) is 10.7. The number of aryl methyl sites for hydroxylation is 3. The number of benzene rings is 1. The molecule has 0 atom stereocenters. The molecule has 0 saturated heterocycles. The Balaban J connectivity index is 1.70. The molecule has 1 heterocycles. The molecule has 118 valence electrons. The van der Waals surface area contributed by atoms with Crippen LogP contribution in [0.2, 0.25) is 0 Å². The minimum Gasteiger partial charge on any atom is -0.392 e. The average Bonchev–Trinajstić information content (AvgIpc) is 2.84. The highest BCUT2D eigenvalue weighted by Gasteiger charge is 2.06. The van der Waals surface area contributed by atoms with Crippen LogP contribution in [0.15, 0.2) is 30.5 Å². The largest absolute Gasteiger partial charge is 0.392 e. The van der Waals surface area contributed by atoms with Crippen LogP contribution < -0.4 is 5.32 Å². The first-order valence-electron chi connectivity index (χ1n) is 7.53. The SMILES string of the molecule is Cc1nn(C)cc1CCC(=O)NCCc1ccc(CO)cc1. The maximum absolute atomic E-state index is 11.9. The molecule has 0 radical (unpaired) electrons. The number of nitrogens with one attached hydrogen (secondary N) is 1. The van der Waals surface area contributed by atoms with Crippen molar-refractivity contribution in [2.75, 3.05) is 6.54 Å². The molecule has 0 aliphatic carbocycles. The summed E-state index contributed by atoms with van der Waals surface area (Å²) < 4.78 is 1.78. The van der Waals surface area contributed by atoms with E-state index < -0.39 is 0 Å². The van der Waals surface area contributed by atoms with Gasteiger partial charge in [0.2, 0.25) is 5.91 Å². The van der Waals surface area contributed by atoms with Crippen molar-refractivity contribution in [1.29, 1.82) is 0 Å². The monoisotopic (exact) mass is 301 g/mol. The number of aliphatic hydroxyl groups is 1. The summed E-state index contributed by atoms with van der Waals surface area (Å²) >= 11 is 0. The van der Waals surface area contributed by atoms with Crippen LogP contribution in [-0.2, 0) is 31.3 Å². The molecule has 0 saturated carbocycles. The van der Waals surface area contributed by atoms with Crippen molar-refractivity contribution < 1.29 is 9.90 Å². The number of rotatable bonds is 7. The first-order valence-corrected chi connectivity index (χ1v) is 7.53. The van der Waals surface area contributed by atoms with Gasteiger partial charge in [-0.1, -0.05) is 24.3 Å². The van der Waals surface area contributed by atoms with Crippen LogP contribution in [0.5, 0.6) is 0 Å². The number of amides is 1. The molecule has 2 aromatic rings. The van der Waals surface area contributed by atoms with E-state index in [-0.39, 0.29) is 12.5 Å². The highest BCUT2D eigenvalue weighted by molar-refractivity contribution is 5.76. The number of aromatic nitrogens is 2. The van der Waals surface area contributed by atoms with Gasteiger partial charge in [0, 0.05) is 26.2 Å². The number of aliphatic hydroxyl groups excluding tert-OH is 1. The van der Waals surface area contributed by atoms with Crippen molar-refractivity contribution in [1.82, 2.24) is 15.1 Å². The van der Waals surface area contributed by atoms with E-state index in [0.717, 1.165) is 35.2 Å². The smallest absolute Gasteiger partial charge is 0.220 e. The lowest BCUT2D eigenvalue weighted by Crippen LogP contribution is -2.25. The van der Waals surface area contributed by atoms with Crippen LogP contribution in [0, 0.1) is 6.92 Å². The van der Waals surface area contributed by atoms with Gasteiger partial charge in [-0.25, -0.2) is 0 Å². The third-order valence-electron chi connectivity index (χ3n) is 3.68. The van der Waals surface area contributed by atoms with E-state index in [1.54, 1.807) is 4.68 Å². The summed E-state index contributed by atoms with van der Waals surface area (Å²) in [4.78, 5) is 11.9. The fraction of sp³-hybridized carbons (Fsp3) is 0.412. The first-order chi connectivity index (χ1) is 10.6. The summed E-state index contributed by atoms with van der Waals surface area (Å²) in [5, 5.41) is 16.2. The summed E-state index contributed by atoms with van der Waals surface area (Å²) in [5.74, 6) is 0.0650. The molecule has 1 amide bonds. The molecule has 0 spiro atoms. The molecule has 1 aromatic heterocycles. The third-order valence-corrected chi connectivity index (χ3v) is 3.68. The van der Waals surface area contributed by atoms with Gasteiger partial charge in [0.15, 0.2) is 0 Å². The topological polar surface area (TPSA) is 67.2 Å². The van der Waals surface area contributed by atoms with Gasteiger partial charge in [-0.05, 0) is 36.5 Å². The van der Waals surface area contributed by atoms with E-state index >= 15 is 0 Å². The highest BCUT2D eigenvalue weighted by Crippen LogP contribution is 2.08. The molecule has 2 rings (SSSR count). The Morgan fingerprint density at radius 3 is 2.50 bits per heavy atom. The van der Waals surface area contributed by atoms with E-state index in [2.05, 4.69) is 10.4 Å². The first kappa shape index (κ1) is 16.2. The Kier molecular flexibility index (Phi) is 5.72. The number of hydrogen-bond donors (Lipinski definition) is 2. The zero-order valence-corrected chi connectivity index (χ0v) is 13.2. The van der Waals surface area contributed by atoms with E-state index in [0.29, 0.717) is 13.0 Å². The van der Waals surface area contributed by atoms with E-state index in [9.17, 15) is 4.79 Å².